The van der Waals surface area contributed by atoms with Crippen LogP contribution in [-0.2, 0) is 0 Å². The molecule has 0 spiro atoms. The van der Waals surface area contributed by atoms with E-state index in [2.05, 4.69) is 10.3 Å². The Morgan fingerprint density at radius 2 is 1.63 bits per heavy atom. The number of hydrogen-bond donors (Lipinski definition) is 1. The molecular weight excluding hydrogens is 354 g/mol. The van der Waals surface area contributed by atoms with Crippen LogP contribution in [0.4, 0.5) is 5.13 Å². The molecule has 0 saturated heterocycles. The van der Waals surface area contributed by atoms with Gasteiger partial charge in [0.25, 0.3) is 5.91 Å². The number of thiazole rings is 1. The summed E-state index contributed by atoms with van der Waals surface area (Å²) in [6.07, 6.45) is 0. The standard InChI is InChI=1S/C22H19N3OS/c1-13-19(21(26)25-22-23-14(2)15(3)27-22)17-11-7-8-12-18(17)24-20(13)16-9-5-4-6-10-16/h4-12H,1-3H3,(H,23,25,26). The quantitative estimate of drug-likeness (QED) is 0.513. The van der Waals surface area contributed by atoms with E-state index < -0.39 is 0 Å². The molecule has 2 aromatic heterocycles. The lowest BCUT2D eigenvalue weighted by Crippen LogP contribution is -2.15. The van der Waals surface area contributed by atoms with E-state index in [1.165, 1.54) is 11.3 Å². The van der Waals surface area contributed by atoms with E-state index in [4.69, 9.17) is 4.98 Å². The number of benzene rings is 2. The Morgan fingerprint density at radius 1 is 0.926 bits per heavy atom. The van der Waals surface area contributed by atoms with Crippen LogP contribution in [0.5, 0.6) is 0 Å². The number of fused-ring (bicyclic) bond motifs is 1. The Kier molecular flexibility index (Phi) is 4.46. The fourth-order valence-corrected chi connectivity index (χ4v) is 3.97. The summed E-state index contributed by atoms with van der Waals surface area (Å²) in [6.45, 7) is 5.90. The van der Waals surface area contributed by atoms with Crippen molar-refractivity contribution in [1.29, 1.82) is 0 Å². The largest absolute Gasteiger partial charge is 0.298 e. The van der Waals surface area contributed by atoms with Gasteiger partial charge in [-0.2, -0.15) is 0 Å². The fourth-order valence-electron chi connectivity index (χ4n) is 3.16. The van der Waals surface area contributed by atoms with E-state index in [1.807, 2.05) is 75.4 Å². The first-order valence-electron chi connectivity index (χ1n) is 8.74. The summed E-state index contributed by atoms with van der Waals surface area (Å²) < 4.78 is 0. The second kappa shape index (κ2) is 6.93. The van der Waals surface area contributed by atoms with Crippen LogP contribution in [-0.4, -0.2) is 15.9 Å². The molecule has 0 radical (unpaired) electrons. The van der Waals surface area contributed by atoms with Crippen LogP contribution in [0, 0.1) is 20.8 Å². The number of carbonyl (C=O) groups excluding carboxylic acids is 1. The Morgan fingerprint density at radius 3 is 2.33 bits per heavy atom. The monoisotopic (exact) mass is 373 g/mol. The molecule has 0 atom stereocenters. The predicted molar refractivity (Wildman–Crippen MR) is 111 cm³/mol. The molecule has 4 aromatic rings. The molecule has 2 heterocycles. The summed E-state index contributed by atoms with van der Waals surface area (Å²) in [5.74, 6) is -0.156. The van der Waals surface area contributed by atoms with E-state index in [0.29, 0.717) is 10.7 Å². The maximum Gasteiger partial charge on any atom is 0.258 e. The van der Waals surface area contributed by atoms with Crippen LogP contribution in [0.15, 0.2) is 54.6 Å². The van der Waals surface area contributed by atoms with Gasteiger partial charge in [0, 0.05) is 15.8 Å². The molecule has 4 rings (SSSR count). The van der Waals surface area contributed by atoms with Gasteiger partial charge in [-0.05, 0) is 32.4 Å². The fraction of sp³-hybridized carbons (Fsp3) is 0.136. The number of rotatable bonds is 3. The van der Waals surface area contributed by atoms with Crippen LogP contribution in [0.2, 0.25) is 0 Å². The molecule has 1 N–H and O–H groups in total. The van der Waals surface area contributed by atoms with E-state index in [0.717, 1.165) is 38.3 Å². The highest BCUT2D eigenvalue weighted by molar-refractivity contribution is 7.15. The maximum atomic E-state index is 13.2. The Hall–Kier alpha value is -3.05. The van der Waals surface area contributed by atoms with Crippen LogP contribution in [0.1, 0.15) is 26.5 Å². The van der Waals surface area contributed by atoms with Crippen LogP contribution in [0.3, 0.4) is 0 Å². The third-order valence-electron chi connectivity index (χ3n) is 4.66. The van der Waals surface area contributed by atoms with Crippen LogP contribution in [0.25, 0.3) is 22.2 Å². The number of carbonyl (C=O) groups is 1. The summed E-state index contributed by atoms with van der Waals surface area (Å²) in [5.41, 5.74) is 5.07. The summed E-state index contributed by atoms with van der Waals surface area (Å²) in [7, 11) is 0. The highest BCUT2D eigenvalue weighted by Gasteiger charge is 2.20. The number of pyridine rings is 1. The van der Waals surface area contributed by atoms with Crippen LogP contribution >= 0.6 is 11.3 Å². The first-order valence-corrected chi connectivity index (χ1v) is 9.56. The Labute approximate surface area is 161 Å². The zero-order valence-corrected chi connectivity index (χ0v) is 16.2. The average Bonchev–Trinajstić information content (AvgIpc) is 2.98. The number of amides is 1. The molecule has 0 aliphatic rings. The first kappa shape index (κ1) is 17.4. The zero-order chi connectivity index (χ0) is 19.0. The third kappa shape index (κ3) is 3.22. The van der Waals surface area contributed by atoms with Gasteiger partial charge in [-0.15, -0.1) is 11.3 Å². The minimum atomic E-state index is -0.156. The van der Waals surface area contributed by atoms with Crippen molar-refractivity contribution in [3.8, 4) is 11.3 Å². The highest BCUT2D eigenvalue weighted by Crippen LogP contribution is 2.30. The summed E-state index contributed by atoms with van der Waals surface area (Å²) >= 11 is 1.49. The lowest BCUT2D eigenvalue weighted by Gasteiger charge is -2.14. The van der Waals surface area contributed by atoms with E-state index in [-0.39, 0.29) is 5.91 Å². The van der Waals surface area contributed by atoms with Crippen molar-refractivity contribution in [3.63, 3.8) is 0 Å². The molecule has 0 aliphatic carbocycles. The number of para-hydroxylation sites is 1. The first-order chi connectivity index (χ1) is 13.0. The van der Waals surface area contributed by atoms with Gasteiger partial charge in [-0.3, -0.25) is 10.1 Å². The molecule has 0 bridgehead atoms. The Bertz CT molecular complexity index is 1130. The van der Waals surface area contributed by atoms with Crippen molar-refractivity contribution in [3.05, 3.63) is 76.3 Å². The molecular formula is C22H19N3OS. The van der Waals surface area contributed by atoms with E-state index in [9.17, 15) is 4.79 Å². The number of hydrogen-bond acceptors (Lipinski definition) is 4. The molecule has 27 heavy (non-hydrogen) atoms. The normalized spacial score (nSPS) is 10.9. The molecule has 4 nitrogen and oxygen atoms in total. The van der Waals surface area contributed by atoms with Crippen molar-refractivity contribution in [2.75, 3.05) is 5.32 Å². The minimum Gasteiger partial charge on any atom is -0.298 e. The van der Waals surface area contributed by atoms with E-state index in [1.54, 1.807) is 0 Å². The maximum absolute atomic E-state index is 13.2. The van der Waals surface area contributed by atoms with Crippen molar-refractivity contribution in [2.24, 2.45) is 0 Å². The van der Waals surface area contributed by atoms with Gasteiger partial charge in [0.15, 0.2) is 5.13 Å². The molecule has 0 unspecified atom stereocenters. The number of anilines is 1. The summed E-state index contributed by atoms with van der Waals surface area (Å²) in [5, 5.41) is 4.44. The van der Waals surface area contributed by atoms with Crippen molar-refractivity contribution in [2.45, 2.75) is 20.8 Å². The van der Waals surface area contributed by atoms with Crippen molar-refractivity contribution < 1.29 is 4.79 Å². The van der Waals surface area contributed by atoms with Gasteiger partial charge >= 0.3 is 0 Å². The van der Waals surface area contributed by atoms with Gasteiger partial charge in [0.2, 0.25) is 0 Å². The lowest BCUT2D eigenvalue weighted by molar-refractivity contribution is 0.102. The minimum absolute atomic E-state index is 0.156. The summed E-state index contributed by atoms with van der Waals surface area (Å²) in [6, 6.07) is 17.7. The zero-order valence-electron chi connectivity index (χ0n) is 15.4. The SMILES string of the molecule is Cc1nc(NC(=O)c2c(C)c(-c3ccccc3)nc3ccccc23)sc1C. The third-order valence-corrected chi connectivity index (χ3v) is 5.65. The molecule has 0 saturated carbocycles. The summed E-state index contributed by atoms with van der Waals surface area (Å²) in [4.78, 5) is 23.5. The molecule has 0 aliphatic heterocycles. The number of aromatic nitrogens is 2. The molecule has 0 fully saturated rings. The van der Waals surface area contributed by atoms with Crippen LogP contribution < -0.4 is 5.32 Å². The number of nitrogens with one attached hydrogen (secondary N) is 1. The van der Waals surface area contributed by atoms with Gasteiger partial charge in [0.1, 0.15) is 0 Å². The lowest BCUT2D eigenvalue weighted by atomic mass is 9.97. The van der Waals surface area contributed by atoms with Gasteiger partial charge < -0.3 is 0 Å². The van der Waals surface area contributed by atoms with Crippen molar-refractivity contribution in [1.82, 2.24) is 9.97 Å². The second-order valence-electron chi connectivity index (χ2n) is 6.46. The Balaban J connectivity index is 1.87. The number of nitrogens with zero attached hydrogens (tertiary/aromatic N) is 2. The van der Waals surface area contributed by atoms with Crippen molar-refractivity contribution >= 4 is 33.3 Å². The van der Waals surface area contributed by atoms with Gasteiger partial charge in [-0.25, -0.2) is 9.97 Å². The van der Waals surface area contributed by atoms with Gasteiger partial charge in [0.05, 0.1) is 22.5 Å². The molecule has 134 valence electrons. The molecule has 1 amide bonds. The second-order valence-corrected chi connectivity index (χ2v) is 7.66. The smallest absolute Gasteiger partial charge is 0.258 e. The highest BCUT2D eigenvalue weighted by atomic mass is 32.1. The predicted octanol–water partition coefficient (Wildman–Crippen LogP) is 5.54. The topological polar surface area (TPSA) is 54.9 Å². The molecule has 2 aromatic carbocycles. The number of aryl methyl sites for hydroxylation is 2. The average molecular weight is 373 g/mol. The molecule has 5 heteroatoms. The van der Waals surface area contributed by atoms with Gasteiger partial charge in [-0.1, -0.05) is 48.5 Å². The van der Waals surface area contributed by atoms with E-state index >= 15 is 0 Å².